The number of nitrogens with one attached hydrogen (secondary N) is 1. The standard InChI is InChI=1S/C15H25N3O2/c1-12-14(6-10-17(12)2)15(20)16-7-4-9-18-8-3-5-13(19)11-18/h6,10,13,19H,3-5,7-9,11H2,1-2H3,(H,16,20)/t13-/m1/s1. The minimum Gasteiger partial charge on any atom is -0.392 e. The minimum absolute atomic E-state index is 0.00165. The molecule has 5 nitrogen and oxygen atoms in total. The summed E-state index contributed by atoms with van der Waals surface area (Å²) >= 11 is 0. The van der Waals surface area contributed by atoms with Gasteiger partial charge in [0.15, 0.2) is 0 Å². The number of amides is 1. The summed E-state index contributed by atoms with van der Waals surface area (Å²) in [7, 11) is 1.94. The molecule has 1 aliphatic heterocycles. The molecule has 1 aliphatic rings. The maximum absolute atomic E-state index is 12.0. The summed E-state index contributed by atoms with van der Waals surface area (Å²) in [5, 5.41) is 12.6. The summed E-state index contributed by atoms with van der Waals surface area (Å²) in [4.78, 5) is 14.3. The van der Waals surface area contributed by atoms with Gasteiger partial charge in [-0.15, -0.1) is 0 Å². The van der Waals surface area contributed by atoms with Gasteiger partial charge in [-0.2, -0.15) is 0 Å². The first-order chi connectivity index (χ1) is 9.58. The first-order valence-electron chi connectivity index (χ1n) is 7.38. The highest BCUT2D eigenvalue weighted by molar-refractivity contribution is 5.95. The van der Waals surface area contributed by atoms with E-state index in [2.05, 4.69) is 10.2 Å². The number of hydrogen-bond acceptors (Lipinski definition) is 3. The van der Waals surface area contributed by atoms with Gasteiger partial charge < -0.3 is 19.9 Å². The molecule has 0 aliphatic carbocycles. The van der Waals surface area contributed by atoms with Crippen LogP contribution >= 0.6 is 0 Å². The number of likely N-dealkylation sites (tertiary alicyclic amines) is 1. The topological polar surface area (TPSA) is 57.5 Å². The van der Waals surface area contributed by atoms with Crippen molar-refractivity contribution < 1.29 is 9.90 Å². The number of aryl methyl sites for hydroxylation is 1. The Bertz CT molecular complexity index is 456. The third-order valence-corrected chi connectivity index (χ3v) is 4.05. The summed E-state index contributed by atoms with van der Waals surface area (Å²) in [5.41, 5.74) is 1.74. The zero-order chi connectivity index (χ0) is 14.5. The largest absolute Gasteiger partial charge is 0.392 e. The number of aliphatic hydroxyl groups excluding tert-OH is 1. The molecule has 1 aromatic rings. The van der Waals surface area contributed by atoms with Crippen molar-refractivity contribution in [2.75, 3.05) is 26.2 Å². The Labute approximate surface area is 120 Å². The van der Waals surface area contributed by atoms with E-state index in [0.29, 0.717) is 6.54 Å². The molecule has 1 atom stereocenters. The van der Waals surface area contributed by atoms with Gasteiger partial charge in [0.2, 0.25) is 0 Å². The molecule has 1 saturated heterocycles. The van der Waals surface area contributed by atoms with Crippen LogP contribution in [0.15, 0.2) is 12.3 Å². The third-order valence-electron chi connectivity index (χ3n) is 4.05. The van der Waals surface area contributed by atoms with Crippen LogP contribution in [0.1, 0.15) is 35.3 Å². The van der Waals surface area contributed by atoms with Crippen LogP contribution in [0.2, 0.25) is 0 Å². The highest BCUT2D eigenvalue weighted by Crippen LogP contribution is 2.10. The van der Waals surface area contributed by atoms with Crippen molar-refractivity contribution in [2.24, 2.45) is 7.05 Å². The molecule has 0 saturated carbocycles. The second-order valence-electron chi connectivity index (χ2n) is 5.63. The first-order valence-corrected chi connectivity index (χ1v) is 7.38. The average molecular weight is 279 g/mol. The molecule has 1 aromatic heterocycles. The molecule has 112 valence electrons. The highest BCUT2D eigenvalue weighted by Gasteiger charge is 2.17. The number of nitrogens with zero attached hydrogens (tertiary/aromatic N) is 2. The van der Waals surface area contributed by atoms with Gasteiger partial charge in [0.1, 0.15) is 0 Å². The fourth-order valence-electron chi connectivity index (χ4n) is 2.68. The Morgan fingerprint density at radius 3 is 3.00 bits per heavy atom. The molecule has 0 bridgehead atoms. The quantitative estimate of drug-likeness (QED) is 0.788. The number of piperidine rings is 1. The van der Waals surface area contributed by atoms with Crippen molar-refractivity contribution >= 4 is 5.91 Å². The molecular weight excluding hydrogens is 254 g/mol. The molecule has 0 spiro atoms. The Morgan fingerprint density at radius 2 is 2.35 bits per heavy atom. The van der Waals surface area contributed by atoms with E-state index in [0.717, 1.165) is 50.2 Å². The maximum atomic E-state index is 12.0. The van der Waals surface area contributed by atoms with Gasteiger partial charge in [0.05, 0.1) is 11.7 Å². The monoisotopic (exact) mass is 279 g/mol. The predicted octanol–water partition coefficient (Wildman–Crippen LogP) is 0.910. The fourth-order valence-corrected chi connectivity index (χ4v) is 2.68. The first kappa shape index (κ1) is 15.1. The summed E-state index contributed by atoms with van der Waals surface area (Å²) in [6.45, 7) is 5.39. The Balaban J connectivity index is 1.68. The second kappa shape index (κ2) is 6.90. The number of carbonyl (C=O) groups excluding carboxylic acids is 1. The van der Waals surface area contributed by atoms with Crippen molar-refractivity contribution in [3.05, 3.63) is 23.5 Å². The van der Waals surface area contributed by atoms with Crippen molar-refractivity contribution in [3.63, 3.8) is 0 Å². The maximum Gasteiger partial charge on any atom is 0.253 e. The van der Waals surface area contributed by atoms with Gasteiger partial charge in [0, 0.05) is 32.0 Å². The van der Waals surface area contributed by atoms with Gasteiger partial charge in [-0.25, -0.2) is 0 Å². The molecule has 2 heterocycles. The summed E-state index contributed by atoms with van der Waals surface area (Å²) in [5.74, 6) is 0.00165. The number of carbonyl (C=O) groups is 1. The molecule has 1 fully saturated rings. The molecule has 2 rings (SSSR count). The van der Waals surface area contributed by atoms with Crippen molar-refractivity contribution in [3.8, 4) is 0 Å². The van der Waals surface area contributed by atoms with E-state index in [1.165, 1.54) is 0 Å². The molecule has 0 aromatic carbocycles. The number of hydrogen-bond donors (Lipinski definition) is 2. The van der Waals surface area contributed by atoms with Gasteiger partial charge in [-0.05, 0) is 45.3 Å². The molecule has 0 radical (unpaired) electrons. The Morgan fingerprint density at radius 1 is 1.55 bits per heavy atom. The van der Waals surface area contributed by atoms with Crippen LogP contribution in [0.25, 0.3) is 0 Å². The molecule has 5 heteroatoms. The number of aromatic nitrogens is 1. The summed E-state index contributed by atoms with van der Waals surface area (Å²) in [6, 6.07) is 1.85. The SMILES string of the molecule is Cc1c(C(=O)NCCCN2CCC[C@@H](O)C2)ccn1C. The normalized spacial score (nSPS) is 20.1. The smallest absolute Gasteiger partial charge is 0.253 e. The van der Waals surface area contributed by atoms with E-state index in [4.69, 9.17) is 0 Å². The lowest BCUT2D eigenvalue weighted by Gasteiger charge is -2.29. The summed E-state index contributed by atoms with van der Waals surface area (Å²) < 4.78 is 1.95. The van der Waals surface area contributed by atoms with E-state index in [1.807, 2.05) is 30.8 Å². The number of rotatable bonds is 5. The highest BCUT2D eigenvalue weighted by atomic mass is 16.3. The summed E-state index contributed by atoms with van der Waals surface area (Å²) in [6.07, 6.45) is 4.63. The zero-order valence-corrected chi connectivity index (χ0v) is 12.4. The van der Waals surface area contributed by atoms with Crippen molar-refractivity contribution in [1.82, 2.24) is 14.8 Å². The molecule has 2 N–H and O–H groups in total. The predicted molar refractivity (Wildman–Crippen MR) is 78.8 cm³/mol. The van der Waals surface area contributed by atoms with E-state index in [9.17, 15) is 9.90 Å². The molecule has 0 unspecified atom stereocenters. The number of β-amino-alcohol motifs (C(OH)–C–C–N with tert-alkyl or cyclic N) is 1. The van der Waals surface area contributed by atoms with Crippen molar-refractivity contribution in [1.29, 1.82) is 0 Å². The van der Waals surface area contributed by atoms with Crippen LogP contribution in [-0.2, 0) is 7.05 Å². The molecular formula is C15H25N3O2. The van der Waals surface area contributed by atoms with Gasteiger partial charge >= 0.3 is 0 Å². The Kier molecular flexibility index (Phi) is 5.20. The van der Waals surface area contributed by atoms with E-state index in [-0.39, 0.29) is 12.0 Å². The van der Waals surface area contributed by atoms with Gasteiger partial charge in [-0.1, -0.05) is 0 Å². The van der Waals surface area contributed by atoms with E-state index < -0.39 is 0 Å². The lowest BCUT2D eigenvalue weighted by atomic mass is 10.1. The molecule has 20 heavy (non-hydrogen) atoms. The fraction of sp³-hybridized carbons (Fsp3) is 0.667. The van der Waals surface area contributed by atoms with Crippen LogP contribution in [0.5, 0.6) is 0 Å². The third kappa shape index (κ3) is 3.84. The minimum atomic E-state index is -0.176. The number of aliphatic hydroxyl groups is 1. The lowest BCUT2D eigenvalue weighted by molar-refractivity contribution is 0.0697. The zero-order valence-electron chi connectivity index (χ0n) is 12.4. The van der Waals surface area contributed by atoms with Crippen molar-refractivity contribution in [2.45, 2.75) is 32.3 Å². The second-order valence-corrected chi connectivity index (χ2v) is 5.63. The van der Waals surface area contributed by atoms with Crippen LogP contribution in [0, 0.1) is 6.92 Å². The van der Waals surface area contributed by atoms with Crippen LogP contribution in [0.4, 0.5) is 0 Å². The van der Waals surface area contributed by atoms with Crippen LogP contribution in [-0.4, -0.2) is 52.8 Å². The van der Waals surface area contributed by atoms with E-state index >= 15 is 0 Å². The average Bonchev–Trinajstić information content (AvgIpc) is 2.75. The Hall–Kier alpha value is -1.33. The lowest BCUT2D eigenvalue weighted by Crippen LogP contribution is -2.39. The van der Waals surface area contributed by atoms with Gasteiger partial charge in [0.25, 0.3) is 5.91 Å². The van der Waals surface area contributed by atoms with Crippen LogP contribution in [0.3, 0.4) is 0 Å². The molecule has 1 amide bonds. The van der Waals surface area contributed by atoms with E-state index in [1.54, 1.807) is 0 Å². The van der Waals surface area contributed by atoms with Crippen LogP contribution < -0.4 is 5.32 Å². The van der Waals surface area contributed by atoms with Gasteiger partial charge in [-0.3, -0.25) is 4.79 Å².